The summed E-state index contributed by atoms with van der Waals surface area (Å²) in [6, 6.07) is 8.80. The van der Waals surface area contributed by atoms with Gasteiger partial charge in [0.2, 0.25) is 0 Å². The first-order valence-electron chi connectivity index (χ1n) is 10.8. The Hall–Kier alpha value is -3.73. The van der Waals surface area contributed by atoms with Crippen LogP contribution in [0.2, 0.25) is 0 Å². The standard InChI is InChI=1S/C24H21F3N6OS/c1-3-35-31-19-10-18(17-12-32(2)23(34)20-16(17)8-9-28-20)30-22-21(19)29-13-33(22)11-14-4-6-15(7-5-14)24(25,26)27/h4-10,12-13,28H,3,11H2,1-2H3,(H,30,31). The van der Waals surface area contributed by atoms with Gasteiger partial charge in [-0.1, -0.05) is 31.0 Å². The van der Waals surface area contributed by atoms with Crippen molar-refractivity contribution in [2.24, 2.45) is 7.05 Å². The third kappa shape index (κ3) is 4.27. The number of hydrogen-bond donors (Lipinski definition) is 2. The first-order valence-corrected chi connectivity index (χ1v) is 11.8. The monoisotopic (exact) mass is 498 g/mol. The average molecular weight is 499 g/mol. The molecule has 4 heterocycles. The van der Waals surface area contributed by atoms with Crippen molar-refractivity contribution in [3.05, 3.63) is 76.6 Å². The minimum absolute atomic E-state index is 0.137. The number of alkyl halides is 3. The zero-order valence-electron chi connectivity index (χ0n) is 18.8. The van der Waals surface area contributed by atoms with E-state index in [9.17, 15) is 18.0 Å². The third-order valence-corrected chi connectivity index (χ3v) is 6.36. The molecule has 0 aliphatic rings. The normalized spacial score (nSPS) is 12.0. The molecule has 0 saturated carbocycles. The molecule has 35 heavy (non-hydrogen) atoms. The lowest BCUT2D eigenvalue weighted by atomic mass is 10.1. The van der Waals surface area contributed by atoms with Crippen LogP contribution in [0.1, 0.15) is 18.1 Å². The Morgan fingerprint density at radius 3 is 2.66 bits per heavy atom. The van der Waals surface area contributed by atoms with E-state index in [1.54, 1.807) is 30.3 Å². The number of halogens is 3. The van der Waals surface area contributed by atoms with Crippen molar-refractivity contribution in [1.82, 2.24) is 24.1 Å². The lowest BCUT2D eigenvalue weighted by Gasteiger charge is -2.12. The summed E-state index contributed by atoms with van der Waals surface area (Å²) >= 11 is 1.51. The Labute approximate surface area is 202 Å². The van der Waals surface area contributed by atoms with Crippen LogP contribution in [0.15, 0.2) is 59.9 Å². The van der Waals surface area contributed by atoms with Crippen LogP contribution in [0.4, 0.5) is 18.9 Å². The van der Waals surface area contributed by atoms with Gasteiger partial charge in [0.05, 0.1) is 29.8 Å². The Morgan fingerprint density at radius 1 is 1.17 bits per heavy atom. The van der Waals surface area contributed by atoms with Gasteiger partial charge in [0, 0.05) is 36.1 Å². The highest BCUT2D eigenvalue weighted by atomic mass is 32.2. The maximum absolute atomic E-state index is 12.9. The summed E-state index contributed by atoms with van der Waals surface area (Å²) in [6.07, 6.45) is 0.718. The fraction of sp³-hybridized carbons (Fsp3) is 0.208. The van der Waals surface area contributed by atoms with Gasteiger partial charge in [-0.25, -0.2) is 9.97 Å². The molecule has 0 radical (unpaired) electrons. The lowest BCUT2D eigenvalue weighted by molar-refractivity contribution is -0.137. The molecule has 0 aliphatic carbocycles. The van der Waals surface area contributed by atoms with Crippen LogP contribution in [0.25, 0.3) is 33.3 Å². The van der Waals surface area contributed by atoms with E-state index >= 15 is 0 Å². The fourth-order valence-electron chi connectivity index (χ4n) is 3.98. The minimum atomic E-state index is -4.38. The number of nitrogens with zero attached hydrogens (tertiary/aromatic N) is 4. The van der Waals surface area contributed by atoms with Gasteiger partial charge in [-0.05, 0) is 29.8 Å². The van der Waals surface area contributed by atoms with Crippen LogP contribution in [-0.2, 0) is 19.8 Å². The summed E-state index contributed by atoms with van der Waals surface area (Å²) in [5.41, 5.74) is 3.77. The molecule has 0 bridgehead atoms. The average Bonchev–Trinajstić information content (AvgIpc) is 3.48. The maximum Gasteiger partial charge on any atom is 0.416 e. The van der Waals surface area contributed by atoms with Crippen molar-refractivity contribution in [1.29, 1.82) is 0 Å². The molecule has 0 atom stereocenters. The van der Waals surface area contributed by atoms with Crippen LogP contribution in [0.3, 0.4) is 0 Å². The fourth-order valence-corrected chi connectivity index (χ4v) is 4.44. The first kappa shape index (κ1) is 23.0. The largest absolute Gasteiger partial charge is 0.416 e. The van der Waals surface area contributed by atoms with Crippen LogP contribution < -0.4 is 10.3 Å². The smallest absolute Gasteiger partial charge is 0.357 e. The molecular formula is C24H21F3N6OS. The molecule has 4 aromatic heterocycles. The zero-order chi connectivity index (χ0) is 24.7. The van der Waals surface area contributed by atoms with Gasteiger partial charge in [0.1, 0.15) is 11.0 Å². The topological polar surface area (TPSA) is 80.5 Å². The van der Waals surface area contributed by atoms with Gasteiger partial charge in [-0.15, -0.1) is 0 Å². The second-order valence-corrected chi connectivity index (χ2v) is 9.12. The van der Waals surface area contributed by atoms with E-state index < -0.39 is 11.7 Å². The summed E-state index contributed by atoms with van der Waals surface area (Å²) in [7, 11) is 1.69. The van der Waals surface area contributed by atoms with E-state index in [4.69, 9.17) is 4.98 Å². The molecule has 1 aromatic carbocycles. The number of anilines is 1. The van der Waals surface area contributed by atoms with Gasteiger partial charge in [-0.2, -0.15) is 13.2 Å². The molecule has 0 saturated heterocycles. The highest BCUT2D eigenvalue weighted by Crippen LogP contribution is 2.33. The number of benzene rings is 1. The second-order valence-electron chi connectivity index (χ2n) is 8.05. The summed E-state index contributed by atoms with van der Waals surface area (Å²) in [5, 5.41) is 0.753. The molecule has 11 heteroatoms. The molecule has 2 N–H and O–H groups in total. The van der Waals surface area contributed by atoms with E-state index in [1.165, 1.54) is 28.6 Å². The van der Waals surface area contributed by atoms with Crippen LogP contribution in [0, 0.1) is 0 Å². The van der Waals surface area contributed by atoms with Crippen molar-refractivity contribution in [2.75, 3.05) is 10.5 Å². The van der Waals surface area contributed by atoms with E-state index in [2.05, 4.69) is 14.7 Å². The highest BCUT2D eigenvalue weighted by molar-refractivity contribution is 8.00. The van der Waals surface area contributed by atoms with Gasteiger partial charge in [-0.3, -0.25) is 4.79 Å². The number of hydrogen-bond acceptors (Lipinski definition) is 5. The van der Waals surface area contributed by atoms with Crippen LogP contribution in [-0.4, -0.2) is 29.8 Å². The van der Waals surface area contributed by atoms with Gasteiger partial charge in [0.15, 0.2) is 5.65 Å². The number of nitrogens with one attached hydrogen (secondary N) is 2. The first-order chi connectivity index (χ1) is 16.8. The molecule has 0 fully saturated rings. The van der Waals surface area contributed by atoms with E-state index in [0.717, 1.165) is 34.5 Å². The van der Waals surface area contributed by atoms with Crippen molar-refractivity contribution in [2.45, 2.75) is 19.6 Å². The lowest BCUT2D eigenvalue weighted by Crippen LogP contribution is -2.16. The number of pyridine rings is 2. The number of imidazole rings is 1. The number of rotatable bonds is 6. The van der Waals surface area contributed by atoms with Crippen molar-refractivity contribution >= 4 is 39.7 Å². The van der Waals surface area contributed by atoms with E-state index in [0.29, 0.717) is 34.5 Å². The number of aromatic nitrogens is 5. The highest BCUT2D eigenvalue weighted by Gasteiger charge is 2.30. The number of aryl methyl sites for hydroxylation is 1. The van der Waals surface area contributed by atoms with Gasteiger partial charge >= 0.3 is 6.18 Å². The Morgan fingerprint density at radius 2 is 1.94 bits per heavy atom. The quantitative estimate of drug-likeness (QED) is 0.306. The van der Waals surface area contributed by atoms with Crippen LogP contribution in [0.5, 0.6) is 0 Å². The van der Waals surface area contributed by atoms with Crippen molar-refractivity contribution in [3.63, 3.8) is 0 Å². The molecule has 0 spiro atoms. The molecular weight excluding hydrogens is 477 g/mol. The van der Waals surface area contributed by atoms with E-state index in [1.807, 2.05) is 19.1 Å². The molecule has 0 aliphatic heterocycles. The minimum Gasteiger partial charge on any atom is -0.357 e. The summed E-state index contributed by atoms with van der Waals surface area (Å²) in [5.74, 6) is 0.827. The predicted molar refractivity (Wildman–Crippen MR) is 132 cm³/mol. The molecule has 5 aromatic rings. The Kier molecular flexibility index (Phi) is 5.79. The predicted octanol–water partition coefficient (Wildman–Crippen LogP) is 5.43. The molecule has 7 nitrogen and oxygen atoms in total. The third-order valence-electron chi connectivity index (χ3n) is 5.70. The van der Waals surface area contributed by atoms with Crippen LogP contribution >= 0.6 is 11.9 Å². The number of fused-ring (bicyclic) bond motifs is 2. The summed E-state index contributed by atoms with van der Waals surface area (Å²) in [4.78, 5) is 24.9. The van der Waals surface area contributed by atoms with Crippen molar-refractivity contribution in [3.8, 4) is 11.3 Å². The van der Waals surface area contributed by atoms with Crippen molar-refractivity contribution < 1.29 is 13.2 Å². The Bertz CT molecular complexity index is 1580. The maximum atomic E-state index is 12.9. The number of H-pyrrole nitrogens is 1. The van der Waals surface area contributed by atoms with Gasteiger partial charge in [0.25, 0.3) is 5.56 Å². The summed E-state index contributed by atoms with van der Waals surface area (Å²) in [6.45, 7) is 2.33. The molecule has 0 amide bonds. The molecule has 0 unspecified atom stereocenters. The van der Waals surface area contributed by atoms with E-state index in [-0.39, 0.29) is 5.56 Å². The van der Waals surface area contributed by atoms with Gasteiger partial charge < -0.3 is 18.8 Å². The zero-order valence-corrected chi connectivity index (χ0v) is 19.7. The molecule has 5 rings (SSSR count). The Balaban J connectivity index is 1.63. The molecule has 180 valence electrons. The number of aromatic amines is 1. The second kappa shape index (κ2) is 8.81. The SMILES string of the molecule is CCSNc1cc(-c2cn(C)c(=O)c3[nH]ccc23)nc2c1ncn2Cc1ccc(C(F)(F)F)cc1. The summed E-state index contributed by atoms with van der Waals surface area (Å²) < 4.78 is 45.4.